The number of methoxy groups -OCH3 is 1. The normalized spacial score (nSPS) is 11.0. The second kappa shape index (κ2) is 9.49. The highest BCUT2D eigenvalue weighted by atomic mass is 35.5. The van der Waals surface area contributed by atoms with Gasteiger partial charge < -0.3 is 14.6 Å². The summed E-state index contributed by atoms with van der Waals surface area (Å²) in [6.45, 7) is 0. The number of carbonyl (C=O) groups is 1. The molecule has 0 fully saturated rings. The number of aromatic nitrogens is 2. The molecule has 3 aromatic carbocycles. The maximum Gasteiger partial charge on any atom is 0.275 e. The molecule has 0 saturated carbocycles. The van der Waals surface area contributed by atoms with E-state index in [9.17, 15) is 14.3 Å². The van der Waals surface area contributed by atoms with E-state index in [1.54, 1.807) is 18.2 Å². The zero-order chi connectivity index (χ0) is 23.4. The number of aromatic hydroxyl groups is 1. The largest absolute Gasteiger partial charge is 0.507 e. The van der Waals surface area contributed by atoms with Gasteiger partial charge >= 0.3 is 0 Å². The number of nitrogens with one attached hydrogen (secondary N) is 1. The van der Waals surface area contributed by atoms with E-state index >= 15 is 0 Å². The van der Waals surface area contributed by atoms with Gasteiger partial charge in [-0.25, -0.2) is 10.4 Å². The van der Waals surface area contributed by atoms with Gasteiger partial charge in [0.15, 0.2) is 11.5 Å². The van der Waals surface area contributed by atoms with Crippen LogP contribution in [0.2, 0.25) is 5.28 Å². The molecule has 2 N–H and O–H groups in total. The summed E-state index contributed by atoms with van der Waals surface area (Å²) in [6.07, 6.45) is 2.28. The molecule has 0 aliphatic heterocycles. The number of fused-ring (bicyclic) bond motifs is 1. The number of amides is 1. The van der Waals surface area contributed by atoms with Crippen molar-refractivity contribution in [3.05, 3.63) is 83.0 Å². The molecule has 166 valence electrons. The molecule has 0 saturated heterocycles. The summed E-state index contributed by atoms with van der Waals surface area (Å²) >= 11 is 5.68. The highest BCUT2D eigenvalue weighted by Crippen LogP contribution is 2.32. The van der Waals surface area contributed by atoms with Crippen molar-refractivity contribution in [3.63, 3.8) is 0 Å². The minimum atomic E-state index is -0.785. The third-order valence-corrected chi connectivity index (χ3v) is 4.75. The van der Waals surface area contributed by atoms with Gasteiger partial charge in [0, 0.05) is 0 Å². The Hall–Kier alpha value is -4.24. The van der Waals surface area contributed by atoms with Crippen LogP contribution in [-0.4, -0.2) is 34.3 Å². The van der Waals surface area contributed by atoms with E-state index in [2.05, 4.69) is 20.5 Å². The summed E-state index contributed by atoms with van der Waals surface area (Å²) in [5.74, 6) is -1.40. The number of hydrazone groups is 1. The quantitative estimate of drug-likeness (QED) is 0.242. The van der Waals surface area contributed by atoms with Crippen molar-refractivity contribution in [1.29, 1.82) is 0 Å². The number of nitrogens with zero attached hydrogens (tertiary/aromatic N) is 3. The van der Waals surface area contributed by atoms with Crippen LogP contribution in [0.5, 0.6) is 23.1 Å². The van der Waals surface area contributed by atoms with E-state index in [1.165, 1.54) is 25.5 Å². The number of benzene rings is 3. The molecule has 0 radical (unpaired) electrons. The van der Waals surface area contributed by atoms with Gasteiger partial charge in [-0.2, -0.15) is 14.5 Å². The number of phenolic OH excluding ortho intramolecular Hbond substituents is 1. The summed E-state index contributed by atoms with van der Waals surface area (Å²) in [6, 6.07) is 15.2. The fourth-order valence-corrected chi connectivity index (χ4v) is 3.12. The highest BCUT2D eigenvalue weighted by molar-refractivity contribution is 6.28. The average Bonchev–Trinajstić information content (AvgIpc) is 2.81. The van der Waals surface area contributed by atoms with Crippen LogP contribution in [0.15, 0.2) is 65.9 Å². The van der Waals surface area contributed by atoms with Crippen molar-refractivity contribution in [2.45, 2.75) is 0 Å². The Morgan fingerprint density at radius 2 is 1.91 bits per heavy atom. The van der Waals surface area contributed by atoms with E-state index in [1.807, 2.05) is 24.3 Å². The summed E-state index contributed by atoms with van der Waals surface area (Å²) in [5, 5.41) is 15.5. The maximum atomic E-state index is 13.8. The zero-order valence-corrected chi connectivity index (χ0v) is 17.9. The van der Waals surface area contributed by atoms with Crippen LogP contribution in [0.25, 0.3) is 10.8 Å². The van der Waals surface area contributed by atoms with Crippen molar-refractivity contribution >= 4 is 34.5 Å². The first kappa shape index (κ1) is 22.0. The number of halogens is 2. The SMILES string of the molecule is COc1cc(/C=N/NC(=O)c2cc3ccccc3cc2O)ccc1Oc1nc(Cl)ncc1F. The molecule has 0 spiro atoms. The van der Waals surface area contributed by atoms with Gasteiger partial charge in [-0.1, -0.05) is 24.3 Å². The molecule has 1 heterocycles. The molecule has 0 unspecified atom stereocenters. The lowest BCUT2D eigenvalue weighted by molar-refractivity contribution is 0.0952. The topological polar surface area (TPSA) is 106 Å². The standard InChI is InChI=1S/C23H16ClFN4O4/c1-32-20-8-13(6-7-19(20)33-22-17(25)12-26-23(24)28-22)11-27-29-21(31)16-9-14-4-2-3-5-15(14)10-18(16)30/h2-12,30H,1H3,(H,29,31)/b27-11+. The second-order valence-electron chi connectivity index (χ2n) is 6.72. The number of hydrogen-bond donors (Lipinski definition) is 2. The van der Waals surface area contributed by atoms with Crippen molar-refractivity contribution in [3.8, 4) is 23.1 Å². The van der Waals surface area contributed by atoms with E-state index in [-0.39, 0.29) is 34.0 Å². The Labute approximate surface area is 192 Å². The van der Waals surface area contributed by atoms with Gasteiger partial charge in [0.05, 0.1) is 25.1 Å². The van der Waals surface area contributed by atoms with Gasteiger partial charge in [-0.3, -0.25) is 4.79 Å². The Morgan fingerprint density at radius 3 is 2.67 bits per heavy atom. The third-order valence-electron chi connectivity index (χ3n) is 4.57. The van der Waals surface area contributed by atoms with Crippen LogP contribution < -0.4 is 14.9 Å². The summed E-state index contributed by atoms with van der Waals surface area (Å²) in [4.78, 5) is 19.7. The van der Waals surface area contributed by atoms with E-state index in [0.717, 1.165) is 17.0 Å². The maximum absolute atomic E-state index is 13.8. The van der Waals surface area contributed by atoms with Crippen molar-refractivity contribution in [2.24, 2.45) is 5.10 Å². The molecule has 0 aliphatic rings. The first-order chi connectivity index (χ1) is 15.9. The summed E-state index contributed by atoms with van der Waals surface area (Å²) in [7, 11) is 1.41. The lowest BCUT2D eigenvalue weighted by atomic mass is 10.1. The number of hydrogen-bond acceptors (Lipinski definition) is 7. The zero-order valence-electron chi connectivity index (χ0n) is 17.1. The summed E-state index contributed by atoms with van der Waals surface area (Å²) in [5.41, 5.74) is 3.03. The predicted octanol–water partition coefficient (Wildman–Crippen LogP) is 4.69. The molecular weight excluding hydrogens is 451 g/mol. The number of phenols is 1. The fraction of sp³-hybridized carbons (Fsp3) is 0.0435. The molecular formula is C23H16ClFN4O4. The molecule has 1 aromatic heterocycles. The van der Waals surface area contributed by atoms with Gasteiger partial charge in [0.25, 0.3) is 11.8 Å². The minimum absolute atomic E-state index is 0.0951. The molecule has 1 amide bonds. The molecule has 0 aliphatic carbocycles. The number of rotatable bonds is 6. The fourth-order valence-electron chi connectivity index (χ4n) is 2.99. The lowest BCUT2D eigenvalue weighted by Gasteiger charge is -2.10. The van der Waals surface area contributed by atoms with E-state index in [0.29, 0.717) is 5.56 Å². The van der Waals surface area contributed by atoms with Gasteiger partial charge in [-0.15, -0.1) is 0 Å². The molecule has 10 heteroatoms. The first-order valence-corrected chi connectivity index (χ1v) is 9.91. The third kappa shape index (κ3) is 4.99. The van der Waals surface area contributed by atoms with Crippen LogP contribution >= 0.6 is 11.6 Å². The van der Waals surface area contributed by atoms with E-state index in [4.69, 9.17) is 21.1 Å². The predicted molar refractivity (Wildman–Crippen MR) is 121 cm³/mol. The molecule has 33 heavy (non-hydrogen) atoms. The molecule has 4 aromatic rings. The Balaban J connectivity index is 1.49. The minimum Gasteiger partial charge on any atom is -0.507 e. The van der Waals surface area contributed by atoms with Crippen LogP contribution in [0.4, 0.5) is 4.39 Å². The van der Waals surface area contributed by atoms with Crippen molar-refractivity contribution in [1.82, 2.24) is 15.4 Å². The molecule has 4 rings (SSSR count). The lowest BCUT2D eigenvalue weighted by Crippen LogP contribution is -2.17. The number of carbonyl (C=O) groups excluding carboxylic acids is 1. The Morgan fingerprint density at radius 1 is 1.15 bits per heavy atom. The van der Waals surface area contributed by atoms with Crippen molar-refractivity contribution < 1.29 is 23.8 Å². The molecule has 8 nitrogen and oxygen atoms in total. The van der Waals surface area contributed by atoms with Gasteiger partial charge in [0.1, 0.15) is 5.75 Å². The molecule has 0 bridgehead atoms. The van der Waals surface area contributed by atoms with Crippen LogP contribution in [-0.2, 0) is 0 Å². The van der Waals surface area contributed by atoms with E-state index < -0.39 is 11.7 Å². The van der Waals surface area contributed by atoms with Crippen LogP contribution in [0.1, 0.15) is 15.9 Å². The number of ether oxygens (including phenoxy) is 2. The smallest absolute Gasteiger partial charge is 0.275 e. The van der Waals surface area contributed by atoms with Gasteiger partial charge in [-0.05, 0) is 58.3 Å². The Bertz CT molecular complexity index is 1380. The average molecular weight is 467 g/mol. The second-order valence-corrected chi connectivity index (χ2v) is 7.06. The van der Waals surface area contributed by atoms with Crippen LogP contribution in [0.3, 0.4) is 0 Å². The highest BCUT2D eigenvalue weighted by Gasteiger charge is 2.14. The van der Waals surface area contributed by atoms with Gasteiger partial charge in [0.2, 0.25) is 11.1 Å². The Kier molecular flexibility index (Phi) is 6.32. The molecule has 0 atom stereocenters. The first-order valence-electron chi connectivity index (χ1n) is 9.53. The van der Waals surface area contributed by atoms with Crippen molar-refractivity contribution in [2.75, 3.05) is 7.11 Å². The monoisotopic (exact) mass is 466 g/mol. The summed E-state index contributed by atoms with van der Waals surface area (Å²) < 4.78 is 24.6. The van der Waals surface area contributed by atoms with Crippen LogP contribution in [0, 0.1) is 5.82 Å².